The summed E-state index contributed by atoms with van der Waals surface area (Å²) in [5, 5.41) is 0. The molecule has 0 aliphatic heterocycles. The van der Waals surface area contributed by atoms with Gasteiger partial charge in [0.1, 0.15) is 0 Å². The van der Waals surface area contributed by atoms with E-state index in [1.807, 2.05) is 0 Å². The monoisotopic (exact) mass is 423 g/mol. The number of hydrogen-bond donors (Lipinski definition) is 0. The summed E-state index contributed by atoms with van der Waals surface area (Å²) in [5.74, 6) is 0.498. The van der Waals surface area contributed by atoms with Crippen LogP contribution in [0.15, 0.2) is 32.0 Å². The van der Waals surface area contributed by atoms with Crippen molar-refractivity contribution in [1.82, 2.24) is 4.31 Å². The topological polar surface area (TPSA) is 37.4 Å². The number of sulfonamides is 1. The van der Waals surface area contributed by atoms with E-state index in [9.17, 15) is 8.42 Å². The van der Waals surface area contributed by atoms with Gasteiger partial charge in [0.25, 0.3) is 0 Å². The highest BCUT2D eigenvalue weighted by Gasteiger charge is 2.26. The SMILES string of the molecule is CN(CC1CCCCC1)S(=O)(=O)c1ccc(Br)cc1Br. The highest BCUT2D eigenvalue weighted by molar-refractivity contribution is 9.11. The summed E-state index contributed by atoms with van der Waals surface area (Å²) in [5.41, 5.74) is 0. The van der Waals surface area contributed by atoms with E-state index in [2.05, 4.69) is 31.9 Å². The molecular weight excluding hydrogens is 406 g/mol. The number of halogens is 2. The maximum absolute atomic E-state index is 12.6. The maximum Gasteiger partial charge on any atom is 0.243 e. The number of hydrogen-bond acceptors (Lipinski definition) is 2. The summed E-state index contributed by atoms with van der Waals surface area (Å²) in [4.78, 5) is 0.332. The molecule has 6 heteroatoms. The van der Waals surface area contributed by atoms with E-state index in [4.69, 9.17) is 0 Å². The van der Waals surface area contributed by atoms with Gasteiger partial charge in [-0.05, 0) is 52.9 Å². The molecule has 1 aromatic rings. The summed E-state index contributed by atoms with van der Waals surface area (Å²) >= 11 is 6.68. The minimum atomic E-state index is -3.42. The standard InChI is InChI=1S/C14H19Br2NO2S/c1-17(10-11-5-3-2-4-6-11)20(18,19)14-8-7-12(15)9-13(14)16/h7-9,11H,2-6,10H2,1H3. The largest absolute Gasteiger partial charge is 0.243 e. The Morgan fingerprint density at radius 3 is 2.45 bits per heavy atom. The van der Waals surface area contributed by atoms with Crippen molar-refractivity contribution in [2.24, 2.45) is 5.92 Å². The minimum absolute atomic E-state index is 0.332. The van der Waals surface area contributed by atoms with Gasteiger partial charge in [-0.25, -0.2) is 12.7 Å². The Bertz CT molecular complexity index is 569. The average molecular weight is 425 g/mol. The van der Waals surface area contributed by atoms with Crippen LogP contribution in [0.2, 0.25) is 0 Å². The van der Waals surface area contributed by atoms with Crippen molar-refractivity contribution in [2.45, 2.75) is 37.0 Å². The van der Waals surface area contributed by atoms with Crippen molar-refractivity contribution in [3.05, 3.63) is 27.1 Å². The smallest absolute Gasteiger partial charge is 0.207 e. The highest BCUT2D eigenvalue weighted by Crippen LogP contribution is 2.30. The van der Waals surface area contributed by atoms with Crippen LogP contribution in [0.4, 0.5) is 0 Å². The molecule has 0 atom stereocenters. The Labute approximate surface area is 138 Å². The lowest BCUT2D eigenvalue weighted by Crippen LogP contribution is -2.32. The number of rotatable bonds is 4. The molecule has 20 heavy (non-hydrogen) atoms. The summed E-state index contributed by atoms with van der Waals surface area (Å²) in [6, 6.07) is 5.16. The molecule has 1 saturated carbocycles. The van der Waals surface area contributed by atoms with Gasteiger partial charge in [-0.3, -0.25) is 0 Å². The van der Waals surface area contributed by atoms with Crippen LogP contribution in [-0.2, 0) is 10.0 Å². The fraction of sp³-hybridized carbons (Fsp3) is 0.571. The lowest BCUT2D eigenvalue weighted by atomic mass is 9.89. The number of nitrogens with zero attached hydrogens (tertiary/aromatic N) is 1. The van der Waals surface area contributed by atoms with Crippen LogP contribution in [0, 0.1) is 5.92 Å². The molecule has 0 saturated heterocycles. The quantitative estimate of drug-likeness (QED) is 0.717. The zero-order valence-corrected chi connectivity index (χ0v) is 15.5. The van der Waals surface area contributed by atoms with E-state index in [0.29, 0.717) is 21.8 Å². The predicted octanol–water partition coefficient (Wildman–Crippen LogP) is 4.41. The molecule has 112 valence electrons. The second-order valence-electron chi connectivity index (χ2n) is 5.36. The molecule has 0 amide bonds. The molecule has 0 aromatic heterocycles. The van der Waals surface area contributed by atoms with Gasteiger partial charge in [0.15, 0.2) is 0 Å². The van der Waals surface area contributed by atoms with Crippen LogP contribution in [0.5, 0.6) is 0 Å². The third-order valence-electron chi connectivity index (χ3n) is 3.82. The fourth-order valence-electron chi connectivity index (χ4n) is 2.68. The molecule has 0 spiro atoms. The Morgan fingerprint density at radius 1 is 1.20 bits per heavy atom. The lowest BCUT2D eigenvalue weighted by Gasteiger charge is -2.26. The van der Waals surface area contributed by atoms with Gasteiger partial charge in [0.2, 0.25) is 10.0 Å². The molecule has 1 aliphatic carbocycles. The maximum atomic E-state index is 12.6. The van der Waals surface area contributed by atoms with Gasteiger partial charge in [-0.2, -0.15) is 0 Å². The van der Waals surface area contributed by atoms with Crippen LogP contribution in [0.1, 0.15) is 32.1 Å². The van der Waals surface area contributed by atoms with Gasteiger partial charge < -0.3 is 0 Å². The summed E-state index contributed by atoms with van der Waals surface area (Å²) in [6.07, 6.45) is 6.01. The third kappa shape index (κ3) is 3.84. The summed E-state index contributed by atoms with van der Waals surface area (Å²) in [7, 11) is -1.74. The van der Waals surface area contributed by atoms with E-state index < -0.39 is 10.0 Å². The van der Waals surface area contributed by atoms with Crippen molar-refractivity contribution in [1.29, 1.82) is 0 Å². The number of benzene rings is 1. The Balaban J connectivity index is 2.16. The molecule has 1 fully saturated rings. The first-order chi connectivity index (χ1) is 9.41. The molecule has 1 aliphatic rings. The van der Waals surface area contributed by atoms with Crippen molar-refractivity contribution >= 4 is 41.9 Å². The zero-order chi connectivity index (χ0) is 14.8. The van der Waals surface area contributed by atoms with Crippen LogP contribution in [-0.4, -0.2) is 26.3 Å². The molecule has 0 unspecified atom stereocenters. The molecule has 3 nitrogen and oxygen atoms in total. The van der Waals surface area contributed by atoms with Gasteiger partial charge in [0, 0.05) is 22.5 Å². The molecule has 0 radical (unpaired) electrons. The second-order valence-corrected chi connectivity index (χ2v) is 9.15. The predicted molar refractivity (Wildman–Crippen MR) is 88.2 cm³/mol. The summed E-state index contributed by atoms with van der Waals surface area (Å²) in [6.45, 7) is 0.616. The fourth-order valence-corrected chi connectivity index (χ4v) is 5.63. The van der Waals surface area contributed by atoms with Crippen LogP contribution >= 0.6 is 31.9 Å². The Morgan fingerprint density at radius 2 is 1.85 bits per heavy atom. The second kappa shape index (κ2) is 6.90. The van der Waals surface area contributed by atoms with Gasteiger partial charge in [0.05, 0.1) is 4.90 Å². The van der Waals surface area contributed by atoms with Crippen LogP contribution < -0.4 is 0 Å². The normalized spacial score (nSPS) is 17.6. The van der Waals surface area contributed by atoms with E-state index in [1.165, 1.54) is 23.6 Å². The third-order valence-corrected chi connectivity index (χ3v) is 7.12. The van der Waals surface area contributed by atoms with E-state index in [-0.39, 0.29) is 0 Å². The Kier molecular flexibility index (Phi) is 5.68. The minimum Gasteiger partial charge on any atom is -0.207 e. The van der Waals surface area contributed by atoms with Crippen LogP contribution in [0.3, 0.4) is 0 Å². The van der Waals surface area contributed by atoms with E-state index >= 15 is 0 Å². The summed E-state index contributed by atoms with van der Waals surface area (Å²) < 4.78 is 28.2. The van der Waals surface area contributed by atoms with Crippen molar-refractivity contribution in [3.63, 3.8) is 0 Å². The van der Waals surface area contributed by atoms with E-state index in [0.717, 1.165) is 17.3 Å². The first kappa shape index (κ1) is 16.5. The van der Waals surface area contributed by atoms with Crippen molar-refractivity contribution in [3.8, 4) is 0 Å². The van der Waals surface area contributed by atoms with Gasteiger partial charge in [-0.15, -0.1) is 0 Å². The average Bonchev–Trinajstić information content (AvgIpc) is 2.39. The Hall–Kier alpha value is 0.0900. The molecular formula is C14H19Br2NO2S. The van der Waals surface area contributed by atoms with Crippen LogP contribution in [0.25, 0.3) is 0 Å². The first-order valence-electron chi connectivity index (χ1n) is 6.82. The molecule has 1 aromatic carbocycles. The van der Waals surface area contributed by atoms with Gasteiger partial charge >= 0.3 is 0 Å². The van der Waals surface area contributed by atoms with Gasteiger partial charge in [-0.1, -0.05) is 35.2 Å². The van der Waals surface area contributed by atoms with E-state index in [1.54, 1.807) is 25.2 Å². The molecule has 2 rings (SSSR count). The first-order valence-corrected chi connectivity index (χ1v) is 9.85. The van der Waals surface area contributed by atoms with Crippen molar-refractivity contribution < 1.29 is 8.42 Å². The molecule has 0 heterocycles. The zero-order valence-electron chi connectivity index (χ0n) is 11.5. The highest BCUT2D eigenvalue weighted by atomic mass is 79.9. The lowest BCUT2D eigenvalue weighted by molar-refractivity contribution is 0.300. The van der Waals surface area contributed by atoms with Crippen molar-refractivity contribution in [2.75, 3.05) is 13.6 Å². The molecule has 0 bridgehead atoms. The molecule has 0 N–H and O–H groups in total.